The summed E-state index contributed by atoms with van der Waals surface area (Å²) in [5, 5.41) is 5.91. The lowest BCUT2D eigenvalue weighted by atomic mass is 9.97. The van der Waals surface area contributed by atoms with E-state index >= 15 is 0 Å². The molecule has 2 aliphatic heterocycles. The van der Waals surface area contributed by atoms with Crippen LogP contribution in [0.5, 0.6) is 0 Å². The van der Waals surface area contributed by atoms with Crippen LogP contribution in [0.15, 0.2) is 0 Å². The van der Waals surface area contributed by atoms with Gasteiger partial charge >= 0.3 is 6.03 Å². The van der Waals surface area contributed by atoms with E-state index in [4.69, 9.17) is 4.74 Å². The van der Waals surface area contributed by atoms with Crippen molar-refractivity contribution in [3.05, 3.63) is 0 Å². The van der Waals surface area contributed by atoms with E-state index in [-0.39, 0.29) is 12.1 Å². The monoisotopic (exact) mass is 241 g/mol. The molecule has 0 radical (unpaired) electrons. The average molecular weight is 241 g/mol. The number of piperidine rings is 1. The SMILES string of the molecule is CN1CCC(CNC(=O)NC2CCOC2)CC1. The zero-order valence-corrected chi connectivity index (χ0v) is 10.6. The Balaban J connectivity index is 1.59. The summed E-state index contributed by atoms with van der Waals surface area (Å²) in [6, 6.07) is 0.159. The van der Waals surface area contributed by atoms with Crippen LogP contribution >= 0.6 is 0 Å². The molecule has 17 heavy (non-hydrogen) atoms. The fourth-order valence-corrected chi connectivity index (χ4v) is 2.39. The van der Waals surface area contributed by atoms with E-state index in [9.17, 15) is 4.79 Å². The van der Waals surface area contributed by atoms with Crippen LogP contribution in [0.3, 0.4) is 0 Å². The maximum Gasteiger partial charge on any atom is 0.315 e. The molecule has 0 aliphatic carbocycles. The summed E-state index contributed by atoms with van der Waals surface area (Å²) >= 11 is 0. The second-order valence-electron chi connectivity index (χ2n) is 5.16. The molecule has 1 atom stereocenters. The maximum atomic E-state index is 11.6. The van der Waals surface area contributed by atoms with Gasteiger partial charge in [0.05, 0.1) is 12.6 Å². The van der Waals surface area contributed by atoms with Crippen molar-refractivity contribution in [1.82, 2.24) is 15.5 Å². The fraction of sp³-hybridized carbons (Fsp3) is 0.917. The largest absolute Gasteiger partial charge is 0.379 e. The Kier molecular flexibility index (Phi) is 4.62. The zero-order valence-electron chi connectivity index (χ0n) is 10.6. The van der Waals surface area contributed by atoms with Gasteiger partial charge in [-0.1, -0.05) is 0 Å². The topological polar surface area (TPSA) is 53.6 Å². The minimum Gasteiger partial charge on any atom is -0.379 e. The minimum absolute atomic E-state index is 0.0422. The standard InChI is InChI=1S/C12H23N3O2/c1-15-5-2-10(3-6-15)8-13-12(16)14-11-4-7-17-9-11/h10-11H,2-9H2,1H3,(H2,13,14,16). The van der Waals surface area contributed by atoms with Crippen LogP contribution in [-0.2, 0) is 4.74 Å². The van der Waals surface area contributed by atoms with E-state index in [2.05, 4.69) is 22.6 Å². The van der Waals surface area contributed by atoms with Crippen LogP contribution in [0.25, 0.3) is 0 Å². The highest BCUT2D eigenvalue weighted by molar-refractivity contribution is 5.74. The van der Waals surface area contributed by atoms with E-state index in [0.29, 0.717) is 12.5 Å². The van der Waals surface area contributed by atoms with Crippen molar-refractivity contribution >= 4 is 6.03 Å². The summed E-state index contributed by atoms with van der Waals surface area (Å²) in [5.74, 6) is 0.636. The van der Waals surface area contributed by atoms with Gasteiger partial charge in [-0.25, -0.2) is 4.79 Å². The van der Waals surface area contributed by atoms with Crippen LogP contribution < -0.4 is 10.6 Å². The highest BCUT2D eigenvalue weighted by Gasteiger charge is 2.20. The number of urea groups is 1. The number of hydrogen-bond acceptors (Lipinski definition) is 3. The summed E-state index contributed by atoms with van der Waals surface area (Å²) < 4.78 is 5.22. The summed E-state index contributed by atoms with van der Waals surface area (Å²) in [5.41, 5.74) is 0. The lowest BCUT2D eigenvalue weighted by Gasteiger charge is -2.29. The summed E-state index contributed by atoms with van der Waals surface area (Å²) in [6.45, 7) is 4.50. The molecule has 2 saturated heterocycles. The Morgan fingerprint density at radius 2 is 2.12 bits per heavy atom. The molecular weight excluding hydrogens is 218 g/mol. The van der Waals surface area contributed by atoms with E-state index in [1.807, 2.05) is 0 Å². The number of ether oxygens (including phenoxy) is 1. The second kappa shape index (κ2) is 6.21. The van der Waals surface area contributed by atoms with Crippen LogP contribution in [0.1, 0.15) is 19.3 Å². The number of carbonyl (C=O) groups is 1. The van der Waals surface area contributed by atoms with Gasteiger partial charge in [0.1, 0.15) is 0 Å². The second-order valence-corrected chi connectivity index (χ2v) is 5.16. The number of amides is 2. The minimum atomic E-state index is -0.0422. The lowest BCUT2D eigenvalue weighted by Crippen LogP contribution is -2.45. The van der Waals surface area contributed by atoms with Crippen molar-refractivity contribution in [1.29, 1.82) is 0 Å². The first-order chi connectivity index (χ1) is 8.24. The lowest BCUT2D eigenvalue weighted by molar-refractivity contribution is 0.187. The van der Waals surface area contributed by atoms with Crippen molar-refractivity contribution in [2.75, 3.05) is 39.9 Å². The molecule has 2 fully saturated rings. The normalized spacial score (nSPS) is 27.0. The highest BCUT2D eigenvalue weighted by atomic mass is 16.5. The van der Waals surface area contributed by atoms with E-state index in [1.54, 1.807) is 0 Å². The molecule has 0 spiro atoms. The van der Waals surface area contributed by atoms with Gasteiger partial charge in [-0.15, -0.1) is 0 Å². The molecule has 5 heteroatoms. The zero-order chi connectivity index (χ0) is 12.1. The van der Waals surface area contributed by atoms with Gasteiger partial charge in [-0.2, -0.15) is 0 Å². The summed E-state index contributed by atoms with van der Waals surface area (Å²) in [6.07, 6.45) is 3.30. The first-order valence-corrected chi connectivity index (χ1v) is 6.54. The van der Waals surface area contributed by atoms with Gasteiger partial charge in [-0.05, 0) is 45.3 Å². The quantitative estimate of drug-likeness (QED) is 0.753. The number of rotatable bonds is 3. The van der Waals surface area contributed by atoms with Gasteiger partial charge in [0.15, 0.2) is 0 Å². The number of carbonyl (C=O) groups excluding carboxylic acids is 1. The third-order valence-electron chi connectivity index (χ3n) is 3.65. The first-order valence-electron chi connectivity index (χ1n) is 6.54. The number of likely N-dealkylation sites (tertiary alicyclic amines) is 1. The Bertz CT molecular complexity index is 246. The predicted octanol–water partition coefficient (Wildman–Crippen LogP) is 0.416. The Labute approximate surface area is 103 Å². The molecule has 0 bridgehead atoms. The molecule has 2 aliphatic rings. The van der Waals surface area contributed by atoms with Gasteiger partial charge in [0.25, 0.3) is 0 Å². The summed E-state index contributed by atoms with van der Waals surface area (Å²) in [4.78, 5) is 14.0. The number of nitrogens with zero attached hydrogens (tertiary/aromatic N) is 1. The third kappa shape index (κ3) is 4.16. The maximum absolute atomic E-state index is 11.6. The van der Waals surface area contributed by atoms with Crippen molar-refractivity contribution in [2.24, 2.45) is 5.92 Å². The van der Waals surface area contributed by atoms with Gasteiger partial charge in [0, 0.05) is 13.2 Å². The van der Waals surface area contributed by atoms with Gasteiger partial charge in [-0.3, -0.25) is 0 Å². The molecule has 0 saturated carbocycles. The molecule has 2 N–H and O–H groups in total. The van der Waals surface area contributed by atoms with Crippen LogP contribution in [-0.4, -0.2) is 56.9 Å². The number of hydrogen-bond donors (Lipinski definition) is 2. The van der Waals surface area contributed by atoms with Crippen LogP contribution in [0, 0.1) is 5.92 Å². The van der Waals surface area contributed by atoms with Gasteiger partial charge < -0.3 is 20.3 Å². The van der Waals surface area contributed by atoms with E-state index in [0.717, 1.165) is 32.7 Å². The molecular formula is C12H23N3O2. The van der Waals surface area contributed by atoms with Crippen molar-refractivity contribution in [3.63, 3.8) is 0 Å². The van der Waals surface area contributed by atoms with Crippen molar-refractivity contribution in [3.8, 4) is 0 Å². The Morgan fingerprint density at radius 1 is 1.35 bits per heavy atom. The molecule has 2 heterocycles. The molecule has 0 aromatic rings. The Morgan fingerprint density at radius 3 is 2.76 bits per heavy atom. The molecule has 1 unspecified atom stereocenters. The fourth-order valence-electron chi connectivity index (χ4n) is 2.39. The van der Waals surface area contributed by atoms with E-state index in [1.165, 1.54) is 12.8 Å². The Hall–Kier alpha value is -0.810. The smallest absolute Gasteiger partial charge is 0.315 e. The molecule has 0 aromatic carbocycles. The van der Waals surface area contributed by atoms with Crippen LogP contribution in [0.4, 0.5) is 4.79 Å². The average Bonchev–Trinajstić information content (AvgIpc) is 2.81. The predicted molar refractivity (Wildman–Crippen MR) is 66.0 cm³/mol. The third-order valence-corrected chi connectivity index (χ3v) is 3.65. The molecule has 5 nitrogen and oxygen atoms in total. The van der Waals surface area contributed by atoms with Crippen molar-refractivity contribution < 1.29 is 9.53 Å². The van der Waals surface area contributed by atoms with Gasteiger partial charge in [0.2, 0.25) is 0 Å². The van der Waals surface area contributed by atoms with Crippen LogP contribution in [0.2, 0.25) is 0 Å². The molecule has 0 aromatic heterocycles. The molecule has 2 amide bonds. The highest BCUT2D eigenvalue weighted by Crippen LogP contribution is 2.14. The first kappa shape index (κ1) is 12.6. The molecule has 2 rings (SSSR count). The number of nitrogens with one attached hydrogen (secondary N) is 2. The van der Waals surface area contributed by atoms with Crippen molar-refractivity contribution in [2.45, 2.75) is 25.3 Å². The molecule has 98 valence electrons. The summed E-state index contributed by atoms with van der Waals surface area (Å²) in [7, 11) is 2.15. The van der Waals surface area contributed by atoms with E-state index < -0.39 is 0 Å².